The maximum Gasteiger partial charge on any atom is 0.277 e. The predicted octanol–water partition coefficient (Wildman–Crippen LogP) is 6.77. The highest BCUT2D eigenvalue weighted by molar-refractivity contribution is 6.54. The number of fused-ring (bicyclic) bond motifs is 1. The number of hydrogen-bond donors (Lipinski definition) is 0. The molecule has 0 fully saturated rings. The molecule has 0 aliphatic carbocycles. The van der Waals surface area contributed by atoms with Crippen LogP contribution in [0.2, 0.25) is 0 Å². The number of rotatable bonds is 8. The van der Waals surface area contributed by atoms with Gasteiger partial charge in [0.25, 0.3) is 5.91 Å². The van der Waals surface area contributed by atoms with Gasteiger partial charge in [0.15, 0.2) is 0 Å². The average molecular weight is 506 g/mol. The fourth-order valence-corrected chi connectivity index (χ4v) is 4.59. The molecule has 0 atom stereocenters. The summed E-state index contributed by atoms with van der Waals surface area (Å²) in [4.78, 5) is 19.9. The zero-order chi connectivity index (χ0) is 26.6. The van der Waals surface area contributed by atoms with E-state index in [9.17, 15) is 10.1 Å². The highest BCUT2D eigenvalue weighted by Gasteiger charge is 2.34. The smallest absolute Gasteiger partial charge is 0.277 e. The van der Waals surface area contributed by atoms with Gasteiger partial charge in [0.1, 0.15) is 34.6 Å². The molecule has 2 heterocycles. The third kappa shape index (κ3) is 4.41. The minimum atomic E-state index is -0.197. The Labute approximate surface area is 221 Å². The third-order valence-electron chi connectivity index (χ3n) is 6.58. The van der Waals surface area contributed by atoms with E-state index in [1.54, 1.807) is 19.1 Å². The molecule has 3 aromatic carbocycles. The Bertz CT molecular complexity index is 1540. The van der Waals surface area contributed by atoms with E-state index in [2.05, 4.69) is 13.0 Å². The van der Waals surface area contributed by atoms with E-state index in [-0.39, 0.29) is 23.1 Å². The number of carbonyl (C=O) groups excluding carboxylic acids is 1. The molecular formula is C31H27N3O4. The van der Waals surface area contributed by atoms with Crippen LogP contribution in [0.15, 0.2) is 82.2 Å². The highest BCUT2D eigenvalue weighted by Crippen LogP contribution is 2.44. The molecule has 0 unspecified atom stereocenters. The van der Waals surface area contributed by atoms with E-state index in [1.165, 1.54) is 0 Å². The van der Waals surface area contributed by atoms with Gasteiger partial charge in [-0.1, -0.05) is 43.7 Å². The molecule has 0 saturated carbocycles. The van der Waals surface area contributed by atoms with Crippen molar-refractivity contribution in [3.63, 3.8) is 0 Å². The third-order valence-corrected chi connectivity index (χ3v) is 6.58. The quantitative estimate of drug-likeness (QED) is 0.264. The van der Waals surface area contributed by atoms with E-state index in [0.717, 1.165) is 35.2 Å². The van der Waals surface area contributed by atoms with E-state index in [0.29, 0.717) is 29.4 Å². The molecule has 38 heavy (non-hydrogen) atoms. The van der Waals surface area contributed by atoms with Crippen molar-refractivity contribution in [1.29, 1.82) is 5.26 Å². The Kier molecular flexibility index (Phi) is 6.96. The van der Waals surface area contributed by atoms with Gasteiger partial charge in [0.2, 0.25) is 5.88 Å². The molecule has 0 saturated heterocycles. The predicted molar refractivity (Wildman–Crippen MR) is 147 cm³/mol. The maximum atomic E-state index is 13.5. The van der Waals surface area contributed by atoms with Gasteiger partial charge in [-0.2, -0.15) is 5.26 Å². The minimum absolute atomic E-state index is 0.0969. The lowest BCUT2D eigenvalue weighted by molar-refractivity contribution is -0.112. The second-order valence-electron chi connectivity index (χ2n) is 8.84. The van der Waals surface area contributed by atoms with Crippen LogP contribution in [0, 0.1) is 11.3 Å². The molecule has 0 radical (unpaired) electrons. The van der Waals surface area contributed by atoms with Crippen molar-refractivity contribution < 1.29 is 18.7 Å². The summed E-state index contributed by atoms with van der Waals surface area (Å²) in [5.74, 6) is 1.78. The van der Waals surface area contributed by atoms with Gasteiger partial charge in [-0.15, -0.1) is 0 Å². The maximum absolute atomic E-state index is 13.5. The molecule has 1 aliphatic heterocycles. The Balaban J connectivity index is 1.70. The molecule has 190 valence electrons. The summed E-state index contributed by atoms with van der Waals surface area (Å²) in [5, 5.41) is 10.3. The first-order valence-electron chi connectivity index (χ1n) is 12.4. The number of nitrogens with zero attached hydrogens (tertiary/aromatic N) is 3. The summed E-state index contributed by atoms with van der Waals surface area (Å²) in [6.45, 7) is 2.69. The molecule has 1 amide bonds. The van der Waals surface area contributed by atoms with Crippen LogP contribution >= 0.6 is 0 Å². The van der Waals surface area contributed by atoms with Crippen LogP contribution in [-0.4, -0.2) is 32.4 Å². The molecular weight excluding hydrogens is 478 g/mol. The van der Waals surface area contributed by atoms with Gasteiger partial charge in [-0.3, -0.25) is 4.79 Å². The fraction of sp³-hybridized carbons (Fsp3) is 0.194. The van der Waals surface area contributed by atoms with Gasteiger partial charge in [0.05, 0.1) is 19.9 Å². The van der Waals surface area contributed by atoms with Crippen LogP contribution in [0.3, 0.4) is 0 Å². The number of unbranched alkanes of at least 4 members (excludes halogenated alkanes) is 1. The van der Waals surface area contributed by atoms with Gasteiger partial charge in [-0.05, 0) is 54.4 Å². The Morgan fingerprint density at radius 1 is 0.921 bits per heavy atom. The SMILES string of the molecule is CCCCN1C(=O)C(=Nc2oc(-c3ccc(OC)cc3)c(-c3ccc(OC)cc3)c2C#N)c2ccccc21. The largest absolute Gasteiger partial charge is 0.497 e. The number of ether oxygens (including phenoxy) is 2. The number of para-hydroxylation sites is 1. The van der Waals surface area contributed by atoms with Crippen molar-refractivity contribution in [2.24, 2.45) is 4.99 Å². The molecule has 1 aromatic heterocycles. The van der Waals surface area contributed by atoms with Gasteiger partial charge >= 0.3 is 0 Å². The zero-order valence-electron chi connectivity index (χ0n) is 21.5. The van der Waals surface area contributed by atoms with E-state index in [4.69, 9.17) is 18.9 Å². The van der Waals surface area contributed by atoms with Crippen molar-refractivity contribution in [3.05, 3.63) is 83.9 Å². The Morgan fingerprint density at radius 2 is 1.55 bits per heavy atom. The molecule has 0 N–H and O–H groups in total. The number of anilines is 1. The number of furan rings is 1. The summed E-state index contributed by atoms with van der Waals surface area (Å²) < 4.78 is 16.9. The number of nitriles is 1. The van der Waals surface area contributed by atoms with Crippen molar-refractivity contribution in [2.75, 3.05) is 25.7 Å². The lowest BCUT2D eigenvalue weighted by Crippen LogP contribution is -2.30. The fourth-order valence-electron chi connectivity index (χ4n) is 4.59. The van der Waals surface area contributed by atoms with Crippen LogP contribution in [0.1, 0.15) is 30.9 Å². The minimum Gasteiger partial charge on any atom is -0.497 e. The summed E-state index contributed by atoms with van der Waals surface area (Å²) in [6, 6.07) is 24.7. The summed E-state index contributed by atoms with van der Waals surface area (Å²) in [5.41, 5.74) is 4.19. The number of methoxy groups -OCH3 is 2. The molecule has 1 aliphatic rings. The number of hydrogen-bond acceptors (Lipinski definition) is 6. The first-order chi connectivity index (χ1) is 18.6. The lowest BCUT2D eigenvalue weighted by Gasteiger charge is -2.15. The second kappa shape index (κ2) is 10.7. The number of amides is 1. The van der Waals surface area contributed by atoms with E-state index in [1.807, 2.05) is 72.8 Å². The molecule has 0 bridgehead atoms. The van der Waals surface area contributed by atoms with Crippen molar-refractivity contribution in [3.8, 4) is 40.0 Å². The Hall–Kier alpha value is -4.83. The topological polar surface area (TPSA) is 88.1 Å². The normalized spacial score (nSPS) is 13.5. The van der Waals surface area contributed by atoms with Crippen LogP contribution in [0.5, 0.6) is 11.5 Å². The van der Waals surface area contributed by atoms with Gasteiger partial charge in [-0.25, -0.2) is 4.99 Å². The summed E-state index contributed by atoms with van der Waals surface area (Å²) >= 11 is 0. The molecule has 7 heteroatoms. The standard InChI is InChI=1S/C31H27N3O4/c1-4-5-18-34-26-9-7-6-8-24(26)28(31(34)35)33-30-25(19-32)27(20-10-14-22(36-2)15-11-20)29(38-30)21-12-16-23(37-3)17-13-21/h6-17H,4-5,18H2,1-3H3. The first kappa shape index (κ1) is 24.8. The molecule has 4 aromatic rings. The average Bonchev–Trinajstić information content (AvgIpc) is 3.46. The zero-order valence-corrected chi connectivity index (χ0v) is 21.5. The number of aliphatic imine (C=N–C) groups is 1. The van der Waals surface area contributed by atoms with Crippen LogP contribution in [0.25, 0.3) is 22.5 Å². The molecule has 5 rings (SSSR count). The van der Waals surface area contributed by atoms with Crippen molar-refractivity contribution in [2.45, 2.75) is 19.8 Å². The monoisotopic (exact) mass is 505 g/mol. The summed E-state index contributed by atoms with van der Waals surface area (Å²) in [6.07, 6.45) is 1.84. The van der Waals surface area contributed by atoms with Crippen LogP contribution in [0.4, 0.5) is 11.6 Å². The first-order valence-corrected chi connectivity index (χ1v) is 12.4. The van der Waals surface area contributed by atoms with E-state index >= 15 is 0 Å². The summed E-state index contributed by atoms with van der Waals surface area (Å²) in [7, 11) is 3.21. The van der Waals surface area contributed by atoms with Crippen LogP contribution in [-0.2, 0) is 4.79 Å². The number of benzene rings is 3. The molecule has 7 nitrogen and oxygen atoms in total. The Morgan fingerprint density at radius 3 is 2.16 bits per heavy atom. The molecule has 0 spiro atoms. The number of carbonyl (C=O) groups is 1. The van der Waals surface area contributed by atoms with Gasteiger partial charge < -0.3 is 18.8 Å². The van der Waals surface area contributed by atoms with Crippen molar-refractivity contribution in [1.82, 2.24) is 0 Å². The van der Waals surface area contributed by atoms with Gasteiger partial charge in [0, 0.05) is 23.2 Å². The second-order valence-corrected chi connectivity index (χ2v) is 8.84. The van der Waals surface area contributed by atoms with Crippen LogP contribution < -0.4 is 14.4 Å². The van der Waals surface area contributed by atoms with Crippen molar-refractivity contribution >= 4 is 23.2 Å². The van der Waals surface area contributed by atoms with E-state index < -0.39 is 0 Å². The lowest BCUT2D eigenvalue weighted by atomic mass is 9.98. The highest BCUT2D eigenvalue weighted by atomic mass is 16.5.